The van der Waals surface area contributed by atoms with Crippen molar-refractivity contribution in [1.82, 2.24) is 4.90 Å². The maximum atomic E-state index is 14.4. The van der Waals surface area contributed by atoms with Crippen molar-refractivity contribution >= 4 is 64.7 Å². The summed E-state index contributed by atoms with van der Waals surface area (Å²) in [5.41, 5.74) is 3.55. The number of para-hydroxylation sites is 1. The van der Waals surface area contributed by atoms with Gasteiger partial charge in [0.25, 0.3) is 11.8 Å². The number of allylic oxidation sites excluding steroid dienone is 3. The summed E-state index contributed by atoms with van der Waals surface area (Å²) in [6, 6.07) is 17.7. The van der Waals surface area contributed by atoms with Crippen molar-refractivity contribution in [3.05, 3.63) is 107 Å². The number of imide groups is 2. The zero-order chi connectivity index (χ0) is 36.4. The number of anilines is 1. The predicted octanol–water partition coefficient (Wildman–Crippen LogP) is 6.50. The van der Waals surface area contributed by atoms with E-state index in [9.17, 15) is 24.3 Å². The summed E-state index contributed by atoms with van der Waals surface area (Å²) in [7, 11) is 4.52. The Morgan fingerprint density at radius 3 is 2.37 bits per heavy atom. The number of fused-ring (bicyclic) bond motifs is 4. The first-order valence-corrected chi connectivity index (χ1v) is 17.4. The normalized spacial score (nSPS) is 28.5. The van der Waals surface area contributed by atoms with Crippen LogP contribution >= 0.6 is 23.2 Å². The van der Waals surface area contributed by atoms with E-state index in [4.69, 9.17) is 32.7 Å². The summed E-state index contributed by atoms with van der Waals surface area (Å²) in [5, 5.41) is 11.5. The van der Waals surface area contributed by atoms with Crippen LogP contribution in [0, 0.1) is 17.8 Å². The van der Waals surface area contributed by atoms with Crippen LogP contribution in [0.4, 0.5) is 5.69 Å². The van der Waals surface area contributed by atoms with Gasteiger partial charge in [-0.25, -0.2) is 0 Å². The van der Waals surface area contributed by atoms with Gasteiger partial charge in [0, 0.05) is 24.1 Å². The molecule has 262 valence electrons. The van der Waals surface area contributed by atoms with E-state index in [1.165, 1.54) is 11.9 Å². The van der Waals surface area contributed by atoms with Gasteiger partial charge in [-0.1, -0.05) is 60.2 Å². The maximum Gasteiger partial charge on any atom is 0.253 e. The Balaban J connectivity index is 1.24. The first-order chi connectivity index (χ1) is 24.4. The van der Waals surface area contributed by atoms with Crippen molar-refractivity contribution in [3.63, 3.8) is 0 Å². The Bertz CT molecular complexity index is 2060. The molecule has 2 aliphatic carbocycles. The van der Waals surface area contributed by atoms with Crippen LogP contribution in [0.15, 0.2) is 85.0 Å². The molecule has 0 radical (unpaired) electrons. The van der Waals surface area contributed by atoms with Crippen molar-refractivity contribution in [1.29, 1.82) is 0 Å². The summed E-state index contributed by atoms with van der Waals surface area (Å²) in [4.78, 5) is 54.3. The van der Waals surface area contributed by atoms with E-state index in [1.807, 2.05) is 48.6 Å². The van der Waals surface area contributed by atoms with Crippen LogP contribution < -0.4 is 14.4 Å². The van der Waals surface area contributed by atoms with Gasteiger partial charge in [-0.3, -0.25) is 29.0 Å². The molecule has 9 nitrogen and oxygen atoms in total. The molecule has 7 rings (SSSR count). The number of amides is 4. The second-order valence-electron chi connectivity index (χ2n) is 13.4. The highest BCUT2D eigenvalue weighted by Crippen LogP contribution is 2.66. The van der Waals surface area contributed by atoms with E-state index in [0.717, 1.165) is 16.0 Å². The zero-order valence-electron chi connectivity index (χ0n) is 28.3. The maximum absolute atomic E-state index is 14.4. The Morgan fingerprint density at radius 2 is 1.69 bits per heavy atom. The minimum atomic E-state index is -1.98. The lowest BCUT2D eigenvalue weighted by atomic mass is 9.56. The molecule has 0 unspecified atom stereocenters. The lowest BCUT2D eigenvalue weighted by molar-refractivity contribution is -0.138. The van der Waals surface area contributed by atoms with Gasteiger partial charge in [-0.15, -0.1) is 29.8 Å². The molecule has 3 aromatic rings. The van der Waals surface area contributed by atoms with Crippen LogP contribution in [-0.2, 0) is 25.6 Å². The average Bonchev–Trinajstić information content (AvgIpc) is 3.46. The molecule has 51 heavy (non-hydrogen) atoms. The van der Waals surface area contributed by atoms with E-state index in [1.54, 1.807) is 50.6 Å². The van der Waals surface area contributed by atoms with Crippen LogP contribution in [0.3, 0.4) is 0 Å². The van der Waals surface area contributed by atoms with Crippen LogP contribution in [-0.4, -0.2) is 64.7 Å². The zero-order valence-corrected chi connectivity index (χ0v) is 29.8. The molecule has 0 bridgehead atoms. The number of carbonyl (C=O) groups excluding carboxylic acids is 4. The fourth-order valence-corrected chi connectivity index (χ4v) is 9.41. The Hall–Kier alpha value is -4.86. The van der Waals surface area contributed by atoms with E-state index in [2.05, 4.69) is 6.58 Å². The number of rotatable bonds is 8. The van der Waals surface area contributed by atoms with Crippen molar-refractivity contribution in [3.8, 4) is 17.2 Å². The van der Waals surface area contributed by atoms with Gasteiger partial charge in [0.15, 0.2) is 9.75 Å². The molecule has 2 saturated heterocycles. The molecule has 0 aromatic heterocycles. The smallest absolute Gasteiger partial charge is 0.253 e. The minimum Gasteiger partial charge on any atom is -0.507 e. The molecule has 6 atom stereocenters. The number of halogens is 2. The van der Waals surface area contributed by atoms with Crippen molar-refractivity contribution in [2.75, 3.05) is 26.2 Å². The van der Waals surface area contributed by atoms with Gasteiger partial charge in [-0.2, -0.15) is 0 Å². The molecule has 0 spiro atoms. The van der Waals surface area contributed by atoms with Gasteiger partial charge >= 0.3 is 0 Å². The van der Waals surface area contributed by atoms with Crippen molar-refractivity contribution in [2.45, 2.75) is 34.9 Å². The van der Waals surface area contributed by atoms with Crippen molar-refractivity contribution < 1.29 is 33.8 Å². The number of nitrogens with zero attached hydrogens (tertiary/aromatic N) is 2. The summed E-state index contributed by atoms with van der Waals surface area (Å²) in [6.07, 6.45) is 7.70. The quantitative estimate of drug-likeness (QED) is 0.122. The number of likely N-dealkylation sites (tertiary alicyclic amines) is 1. The predicted molar refractivity (Wildman–Crippen MR) is 195 cm³/mol. The van der Waals surface area contributed by atoms with Gasteiger partial charge in [-0.05, 0) is 66.6 Å². The first kappa shape index (κ1) is 34.6. The Morgan fingerprint density at radius 1 is 0.941 bits per heavy atom. The molecule has 3 fully saturated rings. The molecule has 3 aromatic carbocycles. The second kappa shape index (κ2) is 12.7. The molecule has 1 saturated carbocycles. The molecule has 2 heterocycles. The summed E-state index contributed by atoms with van der Waals surface area (Å²) in [5.74, 6) is -4.17. The van der Waals surface area contributed by atoms with E-state index in [0.29, 0.717) is 40.3 Å². The third kappa shape index (κ3) is 5.04. The van der Waals surface area contributed by atoms with Gasteiger partial charge < -0.3 is 14.6 Å². The third-order valence-corrected chi connectivity index (χ3v) is 12.3. The summed E-state index contributed by atoms with van der Waals surface area (Å²) >= 11 is 14.5. The fraction of sp³-hybridized carbons (Fsp3) is 0.300. The number of hydrogen-bond acceptors (Lipinski definition) is 7. The minimum absolute atomic E-state index is 0.0886. The molecule has 4 aliphatic rings. The van der Waals surface area contributed by atoms with Crippen LogP contribution in [0.1, 0.15) is 41.0 Å². The van der Waals surface area contributed by atoms with Gasteiger partial charge in [0.2, 0.25) is 11.8 Å². The standard InChI is InChI=1S/C40H36Cl2N2O7/c1-5-7-23-8-6-9-29(34(23)45)33-27-17-18-28-32(30(27)21-39(41)37(48)43(2)38(49)40(33,39)42)36(47)44(35(28)46)25-14-11-22(12-15-25)10-13-24-20-26(50-3)16-19-31(24)51-4/h5-6,8-17,19-20,28,30,32-33,45H,1,7,18,21H2,2-4H3/t28-,30+,32-,33+,39+,40-/m0/s1. The number of ether oxygens (including phenoxy) is 2. The van der Waals surface area contributed by atoms with Crippen LogP contribution in [0.25, 0.3) is 12.2 Å². The summed E-state index contributed by atoms with van der Waals surface area (Å²) < 4.78 is 10.8. The average molecular weight is 728 g/mol. The monoisotopic (exact) mass is 726 g/mol. The molecule has 1 N–H and O–H groups in total. The summed E-state index contributed by atoms with van der Waals surface area (Å²) in [6.45, 7) is 3.78. The van der Waals surface area contributed by atoms with Crippen molar-refractivity contribution in [2.24, 2.45) is 17.8 Å². The molecule has 2 aliphatic heterocycles. The number of alkyl halides is 2. The Kier molecular flexibility index (Phi) is 8.63. The largest absolute Gasteiger partial charge is 0.507 e. The SMILES string of the molecule is C=CCc1cccc([C@H]2C3=CC[C@@H]4C(=O)N(c5ccc(C=Cc6cc(OC)ccc6OC)cc5)C(=O)[C@@H]4[C@@H]3C[C@@]3(Cl)C(=O)N(C)C(=O)[C@@]23Cl)c1O. The lowest BCUT2D eigenvalue weighted by Crippen LogP contribution is -2.60. The number of phenols is 1. The van der Waals surface area contributed by atoms with E-state index >= 15 is 0 Å². The number of phenolic OH excluding ortho intramolecular Hbond substituents is 1. The van der Waals surface area contributed by atoms with Gasteiger partial charge in [0.1, 0.15) is 17.2 Å². The fourth-order valence-electron chi connectivity index (χ4n) is 8.40. The number of benzene rings is 3. The van der Waals surface area contributed by atoms with E-state index < -0.39 is 51.1 Å². The number of methoxy groups -OCH3 is 2. The number of hydrogen-bond donors (Lipinski definition) is 1. The topological polar surface area (TPSA) is 113 Å². The van der Waals surface area contributed by atoms with Crippen LogP contribution in [0.5, 0.6) is 17.2 Å². The highest BCUT2D eigenvalue weighted by molar-refractivity contribution is 6.53. The second-order valence-corrected chi connectivity index (χ2v) is 14.6. The highest BCUT2D eigenvalue weighted by Gasteiger charge is 2.76. The molecular weight excluding hydrogens is 691 g/mol. The third-order valence-electron chi connectivity index (χ3n) is 10.9. The molecule has 11 heteroatoms. The van der Waals surface area contributed by atoms with Gasteiger partial charge in [0.05, 0.1) is 31.7 Å². The molecular formula is C40H36Cl2N2O7. The Labute approximate surface area is 305 Å². The van der Waals surface area contributed by atoms with Crippen LogP contribution in [0.2, 0.25) is 0 Å². The molecule has 4 amide bonds. The first-order valence-electron chi connectivity index (χ1n) is 16.6. The highest BCUT2D eigenvalue weighted by atomic mass is 35.5. The number of carbonyl (C=O) groups is 4. The van der Waals surface area contributed by atoms with E-state index in [-0.39, 0.29) is 24.5 Å². The lowest BCUT2D eigenvalue weighted by Gasteiger charge is -2.50. The number of aromatic hydroxyl groups is 1.